The van der Waals surface area contributed by atoms with Gasteiger partial charge in [0.1, 0.15) is 0 Å². The second-order valence-corrected chi connectivity index (χ2v) is 6.58. The van der Waals surface area contributed by atoms with Gasteiger partial charge in [0.2, 0.25) is 5.91 Å². The Morgan fingerprint density at radius 2 is 1.96 bits per heavy atom. The minimum Gasteiger partial charge on any atom is -0.465 e. The van der Waals surface area contributed by atoms with Crippen molar-refractivity contribution in [3.8, 4) is 0 Å². The first-order chi connectivity index (χ1) is 13.5. The van der Waals surface area contributed by atoms with Gasteiger partial charge < -0.3 is 14.5 Å². The maximum Gasteiger partial charge on any atom is 0.337 e. The van der Waals surface area contributed by atoms with Crippen molar-refractivity contribution in [3.63, 3.8) is 0 Å². The van der Waals surface area contributed by atoms with Crippen LogP contribution in [0.15, 0.2) is 52.5 Å². The molecule has 28 heavy (non-hydrogen) atoms. The van der Waals surface area contributed by atoms with Crippen molar-refractivity contribution >= 4 is 34.3 Å². The zero-order chi connectivity index (χ0) is 19.9. The molecule has 0 bridgehead atoms. The second-order valence-electron chi connectivity index (χ2n) is 5.72. The van der Waals surface area contributed by atoms with Crippen LogP contribution in [0.5, 0.6) is 0 Å². The van der Waals surface area contributed by atoms with Gasteiger partial charge in [0.05, 0.1) is 31.1 Å². The first kappa shape index (κ1) is 19.3. The Kier molecular flexibility index (Phi) is 6.18. The number of aromatic nitrogens is 1. The van der Waals surface area contributed by atoms with E-state index in [-0.39, 0.29) is 18.1 Å². The predicted molar refractivity (Wildman–Crippen MR) is 102 cm³/mol. The number of nitrogens with one attached hydrogen (secondary N) is 2. The number of methoxy groups -OCH3 is 1. The summed E-state index contributed by atoms with van der Waals surface area (Å²) in [6.45, 7) is 0.326. The van der Waals surface area contributed by atoms with Crippen LogP contribution in [0.2, 0.25) is 0 Å². The number of thiazole rings is 1. The van der Waals surface area contributed by atoms with Gasteiger partial charge in [-0.3, -0.25) is 14.9 Å². The molecule has 8 nitrogen and oxygen atoms in total. The summed E-state index contributed by atoms with van der Waals surface area (Å²) in [5, 5.41) is 7.51. The molecule has 0 saturated carbocycles. The van der Waals surface area contributed by atoms with E-state index in [1.54, 1.807) is 41.8 Å². The Morgan fingerprint density at radius 3 is 2.64 bits per heavy atom. The van der Waals surface area contributed by atoms with Crippen LogP contribution in [0.1, 0.15) is 32.2 Å². The van der Waals surface area contributed by atoms with Gasteiger partial charge in [0, 0.05) is 11.9 Å². The SMILES string of the molecule is COC(=O)c1ccc(CNC(=O)Cc2csc(NC(=O)c3ccco3)n2)cc1. The van der Waals surface area contributed by atoms with Crippen LogP contribution in [-0.4, -0.2) is 29.9 Å². The lowest BCUT2D eigenvalue weighted by Gasteiger charge is -2.05. The molecule has 2 aromatic heterocycles. The monoisotopic (exact) mass is 399 g/mol. The Balaban J connectivity index is 1.48. The van der Waals surface area contributed by atoms with Crippen molar-refractivity contribution in [3.05, 3.63) is 70.6 Å². The van der Waals surface area contributed by atoms with Crippen LogP contribution < -0.4 is 10.6 Å². The number of hydrogen-bond donors (Lipinski definition) is 2. The maximum atomic E-state index is 12.1. The smallest absolute Gasteiger partial charge is 0.337 e. The topological polar surface area (TPSA) is 111 Å². The lowest BCUT2D eigenvalue weighted by Crippen LogP contribution is -2.24. The third-order valence-electron chi connectivity index (χ3n) is 3.72. The van der Waals surface area contributed by atoms with Crippen molar-refractivity contribution in [2.75, 3.05) is 12.4 Å². The Labute approximate surface area is 164 Å². The number of furan rings is 1. The number of rotatable bonds is 7. The highest BCUT2D eigenvalue weighted by Crippen LogP contribution is 2.17. The molecule has 0 fully saturated rings. The van der Waals surface area contributed by atoms with Crippen molar-refractivity contribution < 1.29 is 23.5 Å². The van der Waals surface area contributed by atoms with E-state index in [9.17, 15) is 14.4 Å². The van der Waals surface area contributed by atoms with Crippen molar-refractivity contribution in [2.45, 2.75) is 13.0 Å². The predicted octanol–water partition coefficient (Wildman–Crippen LogP) is 2.63. The molecule has 2 amide bonds. The first-order valence-electron chi connectivity index (χ1n) is 8.28. The van der Waals surface area contributed by atoms with Gasteiger partial charge in [0.25, 0.3) is 5.91 Å². The van der Waals surface area contributed by atoms with Crippen molar-refractivity contribution in [1.29, 1.82) is 0 Å². The van der Waals surface area contributed by atoms with Crippen LogP contribution >= 0.6 is 11.3 Å². The van der Waals surface area contributed by atoms with E-state index in [0.717, 1.165) is 5.56 Å². The quantitative estimate of drug-likeness (QED) is 0.591. The van der Waals surface area contributed by atoms with Crippen LogP contribution in [0.25, 0.3) is 0 Å². The summed E-state index contributed by atoms with van der Waals surface area (Å²) < 4.78 is 9.66. The van der Waals surface area contributed by atoms with E-state index in [0.29, 0.717) is 22.9 Å². The fourth-order valence-corrected chi connectivity index (χ4v) is 3.02. The molecule has 0 saturated heterocycles. The minimum atomic E-state index is -0.408. The zero-order valence-corrected chi connectivity index (χ0v) is 15.7. The highest BCUT2D eigenvalue weighted by molar-refractivity contribution is 7.14. The molecule has 0 aliphatic rings. The third kappa shape index (κ3) is 5.04. The van der Waals surface area contributed by atoms with E-state index in [1.165, 1.54) is 24.7 Å². The maximum absolute atomic E-state index is 12.1. The normalized spacial score (nSPS) is 10.3. The van der Waals surface area contributed by atoms with Gasteiger partial charge >= 0.3 is 5.97 Å². The molecule has 2 N–H and O–H groups in total. The molecular weight excluding hydrogens is 382 g/mol. The lowest BCUT2D eigenvalue weighted by molar-refractivity contribution is -0.120. The number of esters is 1. The third-order valence-corrected chi connectivity index (χ3v) is 4.53. The summed E-state index contributed by atoms with van der Waals surface area (Å²) in [5.74, 6) is -0.821. The molecule has 0 radical (unpaired) electrons. The van der Waals surface area contributed by atoms with Crippen LogP contribution in [0.3, 0.4) is 0 Å². The van der Waals surface area contributed by atoms with Crippen LogP contribution in [0.4, 0.5) is 5.13 Å². The fraction of sp³-hybridized carbons (Fsp3) is 0.158. The molecule has 144 valence electrons. The molecule has 0 spiro atoms. The number of ether oxygens (including phenoxy) is 1. The zero-order valence-electron chi connectivity index (χ0n) is 14.9. The second kappa shape index (κ2) is 8.96. The van der Waals surface area contributed by atoms with E-state index in [2.05, 4.69) is 20.4 Å². The number of nitrogens with zero attached hydrogens (tertiary/aromatic N) is 1. The first-order valence-corrected chi connectivity index (χ1v) is 9.16. The Morgan fingerprint density at radius 1 is 1.18 bits per heavy atom. The summed E-state index contributed by atoms with van der Waals surface area (Å²) in [7, 11) is 1.32. The van der Waals surface area contributed by atoms with Gasteiger partial charge in [-0.05, 0) is 29.8 Å². The summed E-state index contributed by atoms with van der Waals surface area (Å²) in [6.07, 6.45) is 1.50. The Hall–Kier alpha value is -3.46. The van der Waals surface area contributed by atoms with E-state index < -0.39 is 11.9 Å². The molecule has 0 aliphatic carbocycles. The average molecular weight is 399 g/mol. The number of carbonyl (C=O) groups excluding carboxylic acids is 3. The largest absolute Gasteiger partial charge is 0.465 e. The van der Waals surface area contributed by atoms with Gasteiger partial charge in [-0.1, -0.05) is 12.1 Å². The van der Waals surface area contributed by atoms with Gasteiger partial charge in [-0.15, -0.1) is 11.3 Å². The van der Waals surface area contributed by atoms with E-state index >= 15 is 0 Å². The lowest BCUT2D eigenvalue weighted by atomic mass is 10.1. The number of carbonyl (C=O) groups is 3. The molecular formula is C19H17N3O5S. The molecule has 2 heterocycles. The van der Waals surface area contributed by atoms with Crippen molar-refractivity contribution in [1.82, 2.24) is 10.3 Å². The molecule has 3 aromatic rings. The molecule has 0 unspecified atom stereocenters. The van der Waals surface area contributed by atoms with Gasteiger partial charge in [-0.2, -0.15) is 0 Å². The number of benzene rings is 1. The average Bonchev–Trinajstić information content (AvgIpc) is 3.38. The molecule has 0 atom stereocenters. The van der Waals surface area contributed by atoms with E-state index in [1.807, 2.05) is 0 Å². The van der Waals surface area contributed by atoms with Gasteiger partial charge in [-0.25, -0.2) is 9.78 Å². The number of hydrogen-bond acceptors (Lipinski definition) is 7. The highest BCUT2D eigenvalue weighted by Gasteiger charge is 2.13. The van der Waals surface area contributed by atoms with Crippen molar-refractivity contribution in [2.24, 2.45) is 0 Å². The molecule has 9 heteroatoms. The molecule has 0 aliphatic heterocycles. The minimum absolute atomic E-state index is 0.0906. The summed E-state index contributed by atoms with van der Waals surface area (Å²) in [5.41, 5.74) is 1.85. The Bertz CT molecular complexity index is 964. The van der Waals surface area contributed by atoms with Crippen LogP contribution in [-0.2, 0) is 22.5 Å². The summed E-state index contributed by atoms with van der Waals surface area (Å²) in [4.78, 5) is 39.6. The van der Waals surface area contributed by atoms with Crippen LogP contribution in [0, 0.1) is 0 Å². The molecule has 1 aromatic carbocycles. The fourth-order valence-electron chi connectivity index (χ4n) is 2.32. The number of anilines is 1. The van der Waals surface area contributed by atoms with E-state index in [4.69, 9.17) is 4.42 Å². The van der Waals surface area contributed by atoms with Gasteiger partial charge in [0.15, 0.2) is 10.9 Å². The number of amides is 2. The summed E-state index contributed by atoms with van der Waals surface area (Å²) >= 11 is 1.23. The highest BCUT2D eigenvalue weighted by atomic mass is 32.1. The molecule has 3 rings (SSSR count). The summed E-state index contributed by atoms with van der Waals surface area (Å²) in [6, 6.07) is 9.95. The standard InChI is InChI=1S/C19H17N3O5S/c1-26-18(25)13-6-4-12(5-7-13)10-20-16(23)9-14-11-28-19(21-14)22-17(24)15-3-2-8-27-15/h2-8,11H,9-10H2,1H3,(H,20,23)(H,21,22,24).